The lowest BCUT2D eigenvalue weighted by atomic mass is 10.0. The number of ketones is 1. The van der Waals surface area contributed by atoms with E-state index in [2.05, 4.69) is 0 Å². The van der Waals surface area contributed by atoms with E-state index in [1.54, 1.807) is 7.05 Å². The van der Waals surface area contributed by atoms with Crippen molar-refractivity contribution in [2.45, 2.75) is 26.7 Å². The lowest BCUT2D eigenvalue weighted by molar-refractivity contribution is 0.0881. The highest BCUT2D eigenvalue weighted by Gasteiger charge is 2.11. The predicted octanol–water partition coefficient (Wildman–Crippen LogP) is 3.07. The van der Waals surface area contributed by atoms with Crippen LogP contribution in [0.5, 0.6) is 0 Å². The number of aryl methyl sites for hydroxylation is 2. The van der Waals surface area contributed by atoms with E-state index in [1.165, 1.54) is 4.90 Å². The molecule has 1 aromatic carbocycles. The zero-order chi connectivity index (χ0) is 13.7. The normalized spacial score (nSPS) is 11.3. The van der Waals surface area contributed by atoms with Gasteiger partial charge in [0.1, 0.15) is 0 Å². The maximum atomic E-state index is 12.1. The number of carbonyl (C=O) groups excluding carboxylic acids is 1. The monoisotopic (exact) mass is 255 g/mol. The first-order valence-corrected chi connectivity index (χ1v) is 5.96. The standard InChI is InChI=1S/C14H19F2NO/c1-10-6-11(2)8-12(7-10)13(18)4-5-17(3)9-14(15)16/h6-8,14H,4-5,9H2,1-3H3. The Hall–Kier alpha value is -1.29. The van der Waals surface area contributed by atoms with Crippen molar-refractivity contribution in [3.8, 4) is 0 Å². The van der Waals surface area contributed by atoms with Gasteiger partial charge < -0.3 is 4.90 Å². The number of benzene rings is 1. The summed E-state index contributed by atoms with van der Waals surface area (Å²) >= 11 is 0. The summed E-state index contributed by atoms with van der Waals surface area (Å²) in [4.78, 5) is 13.4. The summed E-state index contributed by atoms with van der Waals surface area (Å²) in [6.45, 7) is 3.94. The molecule has 0 fully saturated rings. The van der Waals surface area contributed by atoms with Gasteiger partial charge in [-0.1, -0.05) is 17.2 Å². The van der Waals surface area contributed by atoms with E-state index in [0.29, 0.717) is 12.1 Å². The Morgan fingerprint density at radius 1 is 1.22 bits per heavy atom. The number of hydrogen-bond donors (Lipinski definition) is 0. The summed E-state index contributed by atoms with van der Waals surface area (Å²) < 4.78 is 24.2. The fourth-order valence-electron chi connectivity index (χ4n) is 1.90. The molecular formula is C14H19F2NO. The van der Waals surface area contributed by atoms with Crippen LogP contribution in [-0.2, 0) is 0 Å². The van der Waals surface area contributed by atoms with Crippen LogP contribution in [0.3, 0.4) is 0 Å². The van der Waals surface area contributed by atoms with Crippen molar-refractivity contribution in [1.82, 2.24) is 4.90 Å². The molecule has 4 heteroatoms. The summed E-state index contributed by atoms with van der Waals surface area (Å²) in [6.07, 6.45) is -2.09. The van der Waals surface area contributed by atoms with Crippen LogP contribution in [0.2, 0.25) is 0 Å². The van der Waals surface area contributed by atoms with Gasteiger partial charge in [0.05, 0.1) is 6.54 Å². The van der Waals surface area contributed by atoms with Crippen LogP contribution in [0.1, 0.15) is 27.9 Å². The zero-order valence-electron chi connectivity index (χ0n) is 11.0. The molecule has 0 aliphatic carbocycles. The van der Waals surface area contributed by atoms with Crippen molar-refractivity contribution in [1.29, 1.82) is 0 Å². The second-order valence-corrected chi connectivity index (χ2v) is 4.70. The number of alkyl halides is 2. The summed E-state index contributed by atoms with van der Waals surface area (Å²) in [5, 5.41) is 0. The Morgan fingerprint density at radius 2 is 1.78 bits per heavy atom. The molecule has 0 atom stereocenters. The third-order valence-corrected chi connectivity index (χ3v) is 2.71. The van der Waals surface area contributed by atoms with Crippen molar-refractivity contribution in [3.63, 3.8) is 0 Å². The molecule has 1 aromatic rings. The summed E-state index contributed by atoms with van der Waals surface area (Å²) in [6, 6.07) is 5.67. The zero-order valence-corrected chi connectivity index (χ0v) is 11.0. The van der Waals surface area contributed by atoms with Gasteiger partial charge in [-0.25, -0.2) is 8.78 Å². The van der Waals surface area contributed by atoms with Crippen LogP contribution in [0, 0.1) is 13.8 Å². The lowest BCUT2D eigenvalue weighted by Gasteiger charge is -2.15. The van der Waals surface area contributed by atoms with Crippen molar-refractivity contribution in [2.24, 2.45) is 0 Å². The van der Waals surface area contributed by atoms with Crippen LogP contribution < -0.4 is 0 Å². The minimum Gasteiger partial charge on any atom is -0.300 e. The SMILES string of the molecule is Cc1cc(C)cc(C(=O)CCN(C)CC(F)F)c1. The van der Waals surface area contributed by atoms with Crippen molar-refractivity contribution in [3.05, 3.63) is 34.9 Å². The third kappa shape index (κ3) is 4.92. The highest BCUT2D eigenvalue weighted by molar-refractivity contribution is 5.96. The Bertz CT molecular complexity index is 398. The van der Waals surface area contributed by atoms with Gasteiger partial charge in [0.2, 0.25) is 0 Å². The van der Waals surface area contributed by atoms with Crippen molar-refractivity contribution in [2.75, 3.05) is 20.1 Å². The molecule has 0 aliphatic rings. The van der Waals surface area contributed by atoms with E-state index in [0.717, 1.165) is 11.1 Å². The van der Waals surface area contributed by atoms with Gasteiger partial charge in [0.25, 0.3) is 6.43 Å². The first-order chi connectivity index (χ1) is 8.38. The Labute approximate surface area is 107 Å². The Balaban J connectivity index is 2.55. The summed E-state index contributed by atoms with van der Waals surface area (Å²) in [5.74, 6) is 0.00270. The maximum absolute atomic E-state index is 12.1. The molecule has 0 spiro atoms. The fraction of sp³-hybridized carbons (Fsp3) is 0.500. The second kappa shape index (κ2) is 6.59. The van der Waals surface area contributed by atoms with Crippen molar-refractivity contribution >= 4 is 5.78 Å². The van der Waals surface area contributed by atoms with Crippen LogP contribution in [0.25, 0.3) is 0 Å². The van der Waals surface area contributed by atoms with Crippen LogP contribution in [0.15, 0.2) is 18.2 Å². The molecule has 0 unspecified atom stereocenters. The van der Waals surface area contributed by atoms with Gasteiger partial charge in [0, 0.05) is 18.5 Å². The van der Waals surface area contributed by atoms with Gasteiger partial charge in [-0.15, -0.1) is 0 Å². The molecular weight excluding hydrogens is 236 g/mol. The highest BCUT2D eigenvalue weighted by atomic mass is 19.3. The summed E-state index contributed by atoms with van der Waals surface area (Å²) in [5.41, 5.74) is 2.75. The molecule has 1 rings (SSSR count). The quantitative estimate of drug-likeness (QED) is 0.728. The van der Waals surface area contributed by atoms with Crippen LogP contribution in [-0.4, -0.2) is 37.2 Å². The maximum Gasteiger partial charge on any atom is 0.251 e. The molecule has 0 aliphatic heterocycles. The fourth-order valence-corrected chi connectivity index (χ4v) is 1.90. The summed E-state index contributed by atoms with van der Waals surface area (Å²) in [7, 11) is 1.60. The molecule has 0 bridgehead atoms. The van der Waals surface area contributed by atoms with Crippen LogP contribution >= 0.6 is 0 Å². The first-order valence-electron chi connectivity index (χ1n) is 5.96. The van der Waals surface area contributed by atoms with Gasteiger partial charge in [-0.2, -0.15) is 0 Å². The molecule has 100 valence electrons. The minimum atomic E-state index is -2.36. The first kappa shape index (κ1) is 14.8. The lowest BCUT2D eigenvalue weighted by Crippen LogP contribution is -2.27. The Kier molecular flexibility index (Phi) is 5.41. The molecule has 0 saturated carbocycles. The molecule has 18 heavy (non-hydrogen) atoms. The minimum absolute atomic E-state index is 0.00270. The van der Waals surface area contributed by atoms with Gasteiger partial charge in [-0.3, -0.25) is 4.79 Å². The molecule has 0 heterocycles. The van der Waals surface area contributed by atoms with E-state index in [-0.39, 0.29) is 18.7 Å². The van der Waals surface area contributed by atoms with Crippen molar-refractivity contribution < 1.29 is 13.6 Å². The molecule has 0 N–H and O–H groups in total. The van der Waals surface area contributed by atoms with E-state index in [1.807, 2.05) is 32.0 Å². The second-order valence-electron chi connectivity index (χ2n) is 4.70. The van der Waals surface area contributed by atoms with E-state index in [9.17, 15) is 13.6 Å². The predicted molar refractivity (Wildman–Crippen MR) is 68.4 cm³/mol. The van der Waals surface area contributed by atoms with E-state index in [4.69, 9.17) is 0 Å². The van der Waals surface area contributed by atoms with Gasteiger partial charge >= 0.3 is 0 Å². The molecule has 0 aromatic heterocycles. The smallest absolute Gasteiger partial charge is 0.251 e. The molecule has 0 saturated heterocycles. The molecule has 2 nitrogen and oxygen atoms in total. The average molecular weight is 255 g/mol. The van der Waals surface area contributed by atoms with Gasteiger partial charge in [-0.05, 0) is 33.0 Å². The topological polar surface area (TPSA) is 20.3 Å². The molecule has 0 amide bonds. The third-order valence-electron chi connectivity index (χ3n) is 2.71. The number of Topliss-reactive ketones (excluding diaryl/α,β-unsaturated/α-hetero) is 1. The highest BCUT2D eigenvalue weighted by Crippen LogP contribution is 2.11. The number of carbonyl (C=O) groups is 1. The Morgan fingerprint density at radius 3 is 2.28 bits per heavy atom. The van der Waals surface area contributed by atoms with Gasteiger partial charge in [0.15, 0.2) is 5.78 Å². The number of nitrogens with zero attached hydrogens (tertiary/aromatic N) is 1. The average Bonchev–Trinajstić information content (AvgIpc) is 2.23. The molecule has 0 radical (unpaired) electrons. The number of halogens is 2. The number of hydrogen-bond acceptors (Lipinski definition) is 2. The van der Waals surface area contributed by atoms with E-state index < -0.39 is 6.43 Å². The van der Waals surface area contributed by atoms with E-state index >= 15 is 0 Å². The largest absolute Gasteiger partial charge is 0.300 e. The number of rotatable bonds is 6. The van der Waals surface area contributed by atoms with Crippen LogP contribution in [0.4, 0.5) is 8.78 Å².